The molecule has 1 aliphatic rings. The predicted molar refractivity (Wildman–Crippen MR) is 126 cm³/mol. The molecule has 0 bridgehead atoms. The van der Waals surface area contributed by atoms with E-state index in [1.54, 1.807) is 7.05 Å². The van der Waals surface area contributed by atoms with Gasteiger partial charge in [0.1, 0.15) is 5.75 Å². The molecule has 31 heavy (non-hydrogen) atoms. The summed E-state index contributed by atoms with van der Waals surface area (Å²) in [6, 6.07) is 14.0. The van der Waals surface area contributed by atoms with E-state index >= 15 is 0 Å². The van der Waals surface area contributed by atoms with E-state index in [2.05, 4.69) is 46.1 Å². The zero-order chi connectivity index (χ0) is 22.1. The number of aliphatic imine (C=N–C) groups is 1. The molecule has 1 aliphatic carbocycles. The molecule has 1 amide bonds. The Hall–Kier alpha value is -3.02. The summed E-state index contributed by atoms with van der Waals surface area (Å²) in [5.41, 5.74) is 4.08. The number of rotatable bonds is 8. The molecule has 0 unspecified atom stereocenters. The molecule has 0 saturated heterocycles. The summed E-state index contributed by atoms with van der Waals surface area (Å²) in [5.74, 6) is 1.64. The van der Waals surface area contributed by atoms with Crippen LogP contribution in [0.15, 0.2) is 47.5 Å². The van der Waals surface area contributed by atoms with Crippen LogP contribution in [0, 0.1) is 6.92 Å². The van der Waals surface area contributed by atoms with E-state index in [0.717, 1.165) is 35.7 Å². The molecule has 0 atom stereocenters. The molecule has 6 heteroatoms. The number of hydrogen-bond acceptors (Lipinski definition) is 3. The van der Waals surface area contributed by atoms with Crippen LogP contribution < -0.4 is 20.7 Å². The fraction of sp³-hybridized carbons (Fsp3) is 0.440. The van der Waals surface area contributed by atoms with Gasteiger partial charge in [-0.05, 0) is 68.9 Å². The quantitative estimate of drug-likeness (QED) is 0.445. The first kappa shape index (κ1) is 22.7. The van der Waals surface area contributed by atoms with Crippen LogP contribution in [-0.4, -0.2) is 31.6 Å². The highest BCUT2D eigenvalue weighted by atomic mass is 16.5. The summed E-state index contributed by atoms with van der Waals surface area (Å²) < 4.78 is 6.30. The van der Waals surface area contributed by atoms with Gasteiger partial charge in [-0.25, -0.2) is 0 Å². The Morgan fingerprint density at radius 2 is 1.74 bits per heavy atom. The summed E-state index contributed by atoms with van der Waals surface area (Å²) in [7, 11) is 1.76. The van der Waals surface area contributed by atoms with Crippen LogP contribution in [0.25, 0.3) is 0 Å². The highest BCUT2D eigenvalue weighted by molar-refractivity contribution is 5.94. The molecule has 3 N–H and O–H groups in total. The fourth-order valence-corrected chi connectivity index (χ4v) is 3.73. The van der Waals surface area contributed by atoms with Crippen molar-refractivity contribution in [3.63, 3.8) is 0 Å². The first-order valence-corrected chi connectivity index (χ1v) is 11.2. The third-order valence-electron chi connectivity index (χ3n) is 5.50. The van der Waals surface area contributed by atoms with Crippen molar-refractivity contribution < 1.29 is 9.53 Å². The molecule has 0 spiro atoms. The van der Waals surface area contributed by atoms with Crippen LogP contribution in [0.4, 0.5) is 0 Å². The number of nitrogens with one attached hydrogen (secondary N) is 3. The first-order chi connectivity index (χ1) is 15.1. The second-order valence-corrected chi connectivity index (χ2v) is 7.97. The SMILES string of the molecule is CCNC(=O)c1ccc(CNC(=NC)NCc2ccc(C)cc2OC2CCCC2)cc1. The van der Waals surface area contributed by atoms with Gasteiger partial charge in [-0.1, -0.05) is 24.3 Å². The van der Waals surface area contributed by atoms with Crippen LogP contribution in [0.3, 0.4) is 0 Å². The normalized spacial score (nSPS) is 14.4. The Morgan fingerprint density at radius 3 is 2.42 bits per heavy atom. The topological polar surface area (TPSA) is 74.8 Å². The van der Waals surface area contributed by atoms with Gasteiger partial charge in [-0.2, -0.15) is 0 Å². The van der Waals surface area contributed by atoms with Gasteiger partial charge in [0.05, 0.1) is 6.10 Å². The van der Waals surface area contributed by atoms with Crippen molar-refractivity contribution in [1.82, 2.24) is 16.0 Å². The number of carbonyl (C=O) groups is 1. The van der Waals surface area contributed by atoms with E-state index in [1.807, 2.05) is 31.2 Å². The maximum absolute atomic E-state index is 11.9. The molecular formula is C25H34N4O2. The molecule has 2 aromatic rings. The van der Waals surface area contributed by atoms with Gasteiger partial charge < -0.3 is 20.7 Å². The van der Waals surface area contributed by atoms with Crippen molar-refractivity contribution in [3.8, 4) is 5.75 Å². The Balaban J connectivity index is 1.54. The van der Waals surface area contributed by atoms with Gasteiger partial charge in [0.15, 0.2) is 5.96 Å². The first-order valence-electron chi connectivity index (χ1n) is 11.2. The Morgan fingerprint density at radius 1 is 1.03 bits per heavy atom. The predicted octanol–water partition coefficient (Wildman–Crippen LogP) is 3.93. The minimum Gasteiger partial charge on any atom is -0.490 e. The molecule has 0 aliphatic heterocycles. The molecule has 1 saturated carbocycles. The van der Waals surface area contributed by atoms with Crippen molar-refractivity contribution in [2.24, 2.45) is 4.99 Å². The van der Waals surface area contributed by atoms with E-state index in [-0.39, 0.29) is 5.91 Å². The number of guanidine groups is 1. The largest absolute Gasteiger partial charge is 0.490 e. The van der Waals surface area contributed by atoms with Crippen LogP contribution in [0.1, 0.15) is 59.7 Å². The van der Waals surface area contributed by atoms with Gasteiger partial charge in [-0.15, -0.1) is 0 Å². The van der Waals surface area contributed by atoms with Crippen molar-refractivity contribution >= 4 is 11.9 Å². The van der Waals surface area contributed by atoms with E-state index in [4.69, 9.17) is 4.74 Å². The van der Waals surface area contributed by atoms with Crippen molar-refractivity contribution in [1.29, 1.82) is 0 Å². The summed E-state index contributed by atoms with van der Waals surface area (Å²) in [5, 5.41) is 9.52. The lowest BCUT2D eigenvalue weighted by Crippen LogP contribution is -2.36. The number of amides is 1. The summed E-state index contributed by atoms with van der Waals surface area (Å²) in [6.07, 6.45) is 5.13. The van der Waals surface area contributed by atoms with Crippen LogP contribution in [0.5, 0.6) is 5.75 Å². The average molecular weight is 423 g/mol. The van der Waals surface area contributed by atoms with E-state index in [9.17, 15) is 4.79 Å². The van der Waals surface area contributed by atoms with Crippen molar-refractivity contribution in [2.45, 2.75) is 58.7 Å². The lowest BCUT2D eigenvalue weighted by atomic mass is 10.1. The third-order valence-corrected chi connectivity index (χ3v) is 5.50. The number of nitrogens with zero attached hydrogens (tertiary/aromatic N) is 1. The molecule has 0 heterocycles. The number of ether oxygens (including phenoxy) is 1. The minimum absolute atomic E-state index is 0.0480. The standard InChI is InChI=1S/C25H34N4O2/c1-4-27-24(30)20-13-10-19(11-14-20)16-28-25(26-3)29-17-21-12-9-18(2)15-23(21)31-22-7-5-6-8-22/h9-15,22H,4-8,16-17H2,1-3H3,(H,27,30)(H2,26,28,29). The zero-order valence-electron chi connectivity index (χ0n) is 18.8. The Labute approximate surface area is 185 Å². The highest BCUT2D eigenvalue weighted by Crippen LogP contribution is 2.27. The Kier molecular flexibility index (Phi) is 8.33. The van der Waals surface area contributed by atoms with Gasteiger partial charge in [0, 0.05) is 37.8 Å². The summed E-state index contributed by atoms with van der Waals surface area (Å²) in [4.78, 5) is 16.2. The van der Waals surface area contributed by atoms with Gasteiger partial charge in [0.2, 0.25) is 0 Å². The lowest BCUT2D eigenvalue weighted by molar-refractivity contribution is 0.0956. The number of carbonyl (C=O) groups excluding carboxylic acids is 1. The van der Waals surface area contributed by atoms with Crippen LogP contribution in [0.2, 0.25) is 0 Å². The van der Waals surface area contributed by atoms with E-state index in [0.29, 0.717) is 31.3 Å². The maximum Gasteiger partial charge on any atom is 0.251 e. The van der Waals surface area contributed by atoms with Crippen LogP contribution >= 0.6 is 0 Å². The highest BCUT2D eigenvalue weighted by Gasteiger charge is 2.18. The van der Waals surface area contributed by atoms with Gasteiger partial charge >= 0.3 is 0 Å². The molecule has 2 aromatic carbocycles. The zero-order valence-corrected chi connectivity index (χ0v) is 18.8. The molecule has 6 nitrogen and oxygen atoms in total. The van der Waals surface area contributed by atoms with Gasteiger partial charge in [0.25, 0.3) is 5.91 Å². The van der Waals surface area contributed by atoms with E-state index in [1.165, 1.54) is 18.4 Å². The Bertz CT molecular complexity index is 887. The minimum atomic E-state index is -0.0480. The number of benzene rings is 2. The number of aryl methyl sites for hydroxylation is 1. The summed E-state index contributed by atoms with van der Waals surface area (Å²) in [6.45, 7) is 5.89. The fourth-order valence-electron chi connectivity index (χ4n) is 3.73. The maximum atomic E-state index is 11.9. The van der Waals surface area contributed by atoms with Crippen LogP contribution in [-0.2, 0) is 13.1 Å². The molecule has 166 valence electrons. The van der Waals surface area contributed by atoms with Gasteiger partial charge in [-0.3, -0.25) is 9.79 Å². The lowest BCUT2D eigenvalue weighted by Gasteiger charge is -2.18. The monoisotopic (exact) mass is 422 g/mol. The molecular weight excluding hydrogens is 388 g/mol. The molecule has 1 fully saturated rings. The van der Waals surface area contributed by atoms with Crippen molar-refractivity contribution in [2.75, 3.05) is 13.6 Å². The average Bonchev–Trinajstić information content (AvgIpc) is 3.28. The smallest absolute Gasteiger partial charge is 0.251 e. The third kappa shape index (κ3) is 6.74. The molecule has 3 rings (SSSR count). The van der Waals surface area contributed by atoms with E-state index < -0.39 is 0 Å². The second-order valence-electron chi connectivity index (χ2n) is 7.97. The number of hydrogen-bond donors (Lipinski definition) is 3. The summed E-state index contributed by atoms with van der Waals surface area (Å²) >= 11 is 0. The van der Waals surface area contributed by atoms with Crippen molar-refractivity contribution in [3.05, 3.63) is 64.7 Å². The second kappa shape index (κ2) is 11.4. The molecule has 0 radical (unpaired) electrons. The molecule has 0 aromatic heterocycles.